The summed E-state index contributed by atoms with van der Waals surface area (Å²) >= 11 is 0. The van der Waals surface area contributed by atoms with E-state index in [1.54, 1.807) is 0 Å². The summed E-state index contributed by atoms with van der Waals surface area (Å²) < 4.78 is 10.9. The smallest absolute Gasteiger partial charge is 0.304 e. The molecule has 0 fully saturated rings. The van der Waals surface area contributed by atoms with Gasteiger partial charge in [-0.1, -0.05) is 89.9 Å². The molecule has 0 saturated carbocycles. The molecule has 44 heavy (non-hydrogen) atoms. The normalized spacial score (nSPS) is 20.4. The Bertz CT molecular complexity index is 1760. The first-order chi connectivity index (χ1) is 21.2. The van der Waals surface area contributed by atoms with Gasteiger partial charge in [0.05, 0.1) is 12.3 Å². The van der Waals surface area contributed by atoms with Gasteiger partial charge in [0.25, 0.3) is 5.65 Å². The van der Waals surface area contributed by atoms with Crippen LogP contribution in [0.2, 0.25) is 0 Å². The van der Waals surface area contributed by atoms with Crippen LogP contribution >= 0.6 is 0 Å². The van der Waals surface area contributed by atoms with E-state index in [9.17, 15) is 0 Å². The Balaban J connectivity index is 2.00. The molecule has 0 spiro atoms. The number of nitrogens with zero attached hydrogens (tertiary/aromatic N) is 4. The summed E-state index contributed by atoms with van der Waals surface area (Å²) in [5, 5.41) is 0. The summed E-state index contributed by atoms with van der Waals surface area (Å²) in [6.07, 6.45) is 7.36. The first-order valence-corrected chi connectivity index (χ1v) is 16.0. The molecule has 228 valence electrons. The number of ether oxygens (including phenoxy) is 1. The van der Waals surface area contributed by atoms with Crippen molar-refractivity contribution < 1.29 is 9.30 Å². The van der Waals surface area contributed by atoms with Crippen molar-refractivity contribution in [3.8, 4) is 0 Å². The molecular weight excluding hydrogens is 540 g/mol. The number of pyridine rings is 1. The van der Waals surface area contributed by atoms with Crippen molar-refractivity contribution in [1.82, 2.24) is 9.55 Å². The van der Waals surface area contributed by atoms with E-state index in [0.717, 1.165) is 76.6 Å². The maximum atomic E-state index is 6.27. The lowest BCUT2D eigenvalue weighted by atomic mass is 9.79. The van der Waals surface area contributed by atoms with Crippen molar-refractivity contribution in [1.29, 1.82) is 0 Å². The van der Waals surface area contributed by atoms with Crippen LogP contribution in [-0.2, 0) is 4.74 Å². The summed E-state index contributed by atoms with van der Waals surface area (Å²) in [5.74, 6) is 2.08. The Morgan fingerprint density at radius 3 is 2.52 bits per heavy atom. The van der Waals surface area contributed by atoms with Gasteiger partial charge >= 0.3 is 5.82 Å². The van der Waals surface area contributed by atoms with Crippen LogP contribution in [0.25, 0.3) is 28.1 Å². The van der Waals surface area contributed by atoms with Crippen molar-refractivity contribution in [3.05, 3.63) is 114 Å². The number of aromatic nitrogens is 3. The van der Waals surface area contributed by atoms with Crippen molar-refractivity contribution in [2.75, 3.05) is 6.61 Å². The molecule has 5 heteroatoms. The number of imidazole rings is 1. The quantitative estimate of drug-likeness (QED) is 0.142. The van der Waals surface area contributed by atoms with Gasteiger partial charge in [-0.05, 0) is 68.4 Å². The number of hydrogen-bond acceptors (Lipinski definition) is 3. The van der Waals surface area contributed by atoms with Gasteiger partial charge in [0.1, 0.15) is 28.8 Å². The average Bonchev–Trinajstić information content (AvgIpc) is 3.35. The molecule has 5 nitrogen and oxygen atoms in total. The third-order valence-electron chi connectivity index (χ3n) is 9.13. The maximum Gasteiger partial charge on any atom is 0.304 e. The van der Waals surface area contributed by atoms with Gasteiger partial charge in [0.15, 0.2) is 5.52 Å². The molecule has 2 aliphatic heterocycles. The third kappa shape index (κ3) is 5.12. The van der Waals surface area contributed by atoms with Gasteiger partial charge in [-0.3, -0.25) is 4.99 Å². The first kappa shape index (κ1) is 31.2. The predicted octanol–water partition coefficient (Wildman–Crippen LogP) is 9.21. The molecule has 2 atom stereocenters. The van der Waals surface area contributed by atoms with E-state index in [0.29, 0.717) is 12.4 Å². The van der Waals surface area contributed by atoms with Crippen LogP contribution in [0, 0.1) is 12.8 Å². The summed E-state index contributed by atoms with van der Waals surface area (Å²) in [6.45, 7) is 31.2. The van der Waals surface area contributed by atoms with E-state index < -0.39 is 0 Å². The van der Waals surface area contributed by atoms with Gasteiger partial charge in [-0.2, -0.15) is 9.13 Å². The minimum Gasteiger partial charge on any atom is -0.494 e. The van der Waals surface area contributed by atoms with Crippen LogP contribution in [0.3, 0.4) is 0 Å². The number of rotatable bonds is 9. The summed E-state index contributed by atoms with van der Waals surface area (Å²) in [5.41, 5.74) is 11.8. The number of fused-ring (bicyclic) bond motifs is 6. The fourth-order valence-electron chi connectivity index (χ4n) is 7.12. The van der Waals surface area contributed by atoms with Gasteiger partial charge in [0, 0.05) is 23.6 Å². The number of allylic oxidation sites excluding steroid dienone is 6. The van der Waals surface area contributed by atoms with Crippen LogP contribution < -0.4 is 4.57 Å². The summed E-state index contributed by atoms with van der Waals surface area (Å²) in [7, 11) is 0. The van der Waals surface area contributed by atoms with Gasteiger partial charge in [-0.25, -0.2) is 4.98 Å². The van der Waals surface area contributed by atoms with E-state index in [-0.39, 0.29) is 17.9 Å². The molecule has 0 amide bonds. The molecular formula is C39H47N4O+. The zero-order chi connectivity index (χ0) is 31.7. The van der Waals surface area contributed by atoms with Gasteiger partial charge < -0.3 is 4.74 Å². The summed E-state index contributed by atoms with van der Waals surface area (Å²) in [6, 6.07) is 12.7. The molecule has 0 N–H and O–H groups in total. The van der Waals surface area contributed by atoms with Gasteiger partial charge in [-0.15, -0.1) is 0 Å². The topological polar surface area (TPSA) is 43.3 Å². The molecule has 0 aliphatic carbocycles. The second-order valence-corrected chi connectivity index (χ2v) is 12.0. The molecule has 0 bridgehead atoms. The molecule has 5 rings (SSSR count). The zero-order valence-electron chi connectivity index (χ0n) is 27.4. The lowest BCUT2D eigenvalue weighted by Crippen LogP contribution is -2.43. The van der Waals surface area contributed by atoms with Crippen LogP contribution in [0.15, 0.2) is 96.8 Å². The van der Waals surface area contributed by atoms with E-state index in [1.807, 2.05) is 26.0 Å². The third-order valence-corrected chi connectivity index (χ3v) is 9.13. The maximum absolute atomic E-state index is 6.27. The van der Waals surface area contributed by atoms with Crippen molar-refractivity contribution >= 4 is 33.8 Å². The standard InChI is InChI=1S/C39H47N4O/c1-11-28-21-22-32-30-18-16-17-19-31(30)33(13-3)41-37(32)26(9)42-35-23-20-25(8)40-38(35)43(34(14-4)29(12-2)24(6)7)39(42)36(28)27(10)44-15-5/h12-13,16-20,23-24,32,37H,2-3,9-11,14-15,21-22H2,1,4-8H3/q+1/b34-29-,36-28-. The highest BCUT2D eigenvalue weighted by Crippen LogP contribution is 2.43. The molecule has 1 aromatic carbocycles. The average molecular weight is 588 g/mol. The van der Waals surface area contributed by atoms with Gasteiger partial charge in [0.2, 0.25) is 0 Å². The van der Waals surface area contributed by atoms with Crippen LogP contribution in [0.5, 0.6) is 0 Å². The van der Waals surface area contributed by atoms with E-state index in [1.165, 1.54) is 16.7 Å². The Morgan fingerprint density at radius 2 is 1.89 bits per heavy atom. The second-order valence-electron chi connectivity index (χ2n) is 12.0. The number of aliphatic imine (C=N–C) groups is 1. The second kappa shape index (κ2) is 12.8. The minimum atomic E-state index is -0.183. The molecule has 2 unspecified atom stereocenters. The van der Waals surface area contributed by atoms with Crippen LogP contribution in [-0.4, -0.2) is 27.9 Å². The SMILES string of the molecule is C=CC1=NC2C(=C)[n+]3c(n(/C(CC)=C(/C=C)C(C)C)c4nc(C)ccc43)/C(C(=C)OCC)=C(/CC)CCC2c2ccccc21. The Morgan fingerprint density at radius 1 is 1.14 bits per heavy atom. The van der Waals surface area contributed by atoms with Crippen molar-refractivity contribution in [3.63, 3.8) is 0 Å². The van der Waals surface area contributed by atoms with E-state index in [2.05, 4.69) is 93.0 Å². The highest BCUT2D eigenvalue weighted by molar-refractivity contribution is 6.10. The Kier molecular flexibility index (Phi) is 9.05. The first-order valence-electron chi connectivity index (χ1n) is 16.0. The molecule has 2 aromatic heterocycles. The monoisotopic (exact) mass is 587 g/mol. The fraction of sp³-hybridized carbons (Fsp3) is 0.359. The lowest BCUT2D eigenvalue weighted by molar-refractivity contribution is -0.558. The molecule has 3 aromatic rings. The molecule has 2 aliphatic rings. The minimum absolute atomic E-state index is 0.154. The Hall–Kier alpha value is -4.25. The van der Waals surface area contributed by atoms with E-state index >= 15 is 0 Å². The summed E-state index contributed by atoms with van der Waals surface area (Å²) in [4.78, 5) is 10.6. The largest absolute Gasteiger partial charge is 0.494 e. The fourth-order valence-corrected chi connectivity index (χ4v) is 7.12. The van der Waals surface area contributed by atoms with E-state index in [4.69, 9.17) is 21.3 Å². The highest BCUT2D eigenvalue weighted by atomic mass is 16.5. The zero-order valence-corrected chi connectivity index (χ0v) is 27.4. The number of aryl methyl sites for hydroxylation is 1. The number of hydrogen-bond donors (Lipinski definition) is 0. The van der Waals surface area contributed by atoms with Crippen molar-refractivity contribution in [2.45, 2.75) is 79.2 Å². The predicted molar refractivity (Wildman–Crippen MR) is 185 cm³/mol. The lowest BCUT2D eigenvalue weighted by Gasteiger charge is -2.31. The van der Waals surface area contributed by atoms with Crippen LogP contribution in [0.4, 0.5) is 0 Å². The Labute approximate surface area is 263 Å². The van der Waals surface area contributed by atoms with Crippen LogP contribution in [0.1, 0.15) is 88.9 Å². The highest BCUT2D eigenvalue weighted by Gasteiger charge is 2.42. The molecule has 4 heterocycles. The molecule has 0 radical (unpaired) electrons. The molecule has 0 saturated heterocycles. The van der Waals surface area contributed by atoms with Crippen molar-refractivity contribution in [2.24, 2.45) is 10.9 Å². The number of benzene rings is 1.